The van der Waals surface area contributed by atoms with Crippen LogP contribution in [0.5, 0.6) is 5.88 Å². The lowest BCUT2D eigenvalue weighted by Gasteiger charge is -2.12. The topological polar surface area (TPSA) is 62.6 Å². The predicted molar refractivity (Wildman–Crippen MR) is 42.8 cm³/mol. The van der Waals surface area contributed by atoms with Crippen LogP contribution in [0.1, 0.15) is 5.56 Å². The molecular formula is C7H8ClNO3. The number of hydrogen-bond donors (Lipinski definition) is 2. The zero-order chi connectivity index (χ0) is 9.19. The first-order valence-corrected chi connectivity index (χ1v) is 3.56. The molecule has 0 aliphatic heterocycles. The highest BCUT2D eigenvalue weighted by Crippen LogP contribution is 2.22. The largest absolute Gasteiger partial charge is 0.481 e. The van der Waals surface area contributed by atoms with E-state index in [1.165, 1.54) is 25.4 Å². The molecule has 12 heavy (non-hydrogen) atoms. The van der Waals surface area contributed by atoms with Gasteiger partial charge in [-0.3, -0.25) is 0 Å². The van der Waals surface area contributed by atoms with Gasteiger partial charge in [-0.2, -0.15) is 0 Å². The van der Waals surface area contributed by atoms with Crippen molar-refractivity contribution < 1.29 is 14.9 Å². The van der Waals surface area contributed by atoms with Crippen LogP contribution in [-0.2, 0) is 5.25 Å². The molecule has 5 heteroatoms. The summed E-state index contributed by atoms with van der Waals surface area (Å²) in [7, 11) is 1.47. The lowest BCUT2D eigenvalue weighted by Crippen LogP contribution is -2.16. The fourth-order valence-electron chi connectivity index (χ4n) is 0.689. The molecule has 0 radical (unpaired) electrons. The van der Waals surface area contributed by atoms with Crippen LogP contribution in [0.3, 0.4) is 0 Å². The molecule has 4 nitrogen and oxygen atoms in total. The highest BCUT2D eigenvalue weighted by Gasteiger charge is 2.21. The maximum absolute atomic E-state index is 8.89. The Hall–Kier alpha value is -0.840. The molecular weight excluding hydrogens is 182 g/mol. The van der Waals surface area contributed by atoms with Gasteiger partial charge in [0.2, 0.25) is 5.88 Å². The Balaban J connectivity index is 2.93. The number of rotatable bonds is 2. The number of pyridine rings is 1. The van der Waals surface area contributed by atoms with Gasteiger partial charge in [0.05, 0.1) is 7.11 Å². The number of nitrogens with zero attached hydrogens (tertiary/aromatic N) is 1. The number of aromatic nitrogens is 1. The van der Waals surface area contributed by atoms with Crippen LogP contribution in [0.4, 0.5) is 0 Å². The van der Waals surface area contributed by atoms with Gasteiger partial charge in [0, 0.05) is 17.8 Å². The molecule has 1 heterocycles. The fourth-order valence-corrected chi connectivity index (χ4v) is 0.801. The lowest BCUT2D eigenvalue weighted by atomic mass is 10.3. The van der Waals surface area contributed by atoms with Crippen LogP contribution in [0, 0.1) is 0 Å². The molecule has 0 aliphatic carbocycles. The number of ether oxygens (including phenoxy) is 1. The van der Waals surface area contributed by atoms with Gasteiger partial charge in [0.25, 0.3) is 5.25 Å². The Bertz CT molecular complexity index is 254. The van der Waals surface area contributed by atoms with Gasteiger partial charge < -0.3 is 14.9 Å². The Labute approximate surface area is 74.4 Å². The minimum atomic E-state index is -2.36. The summed E-state index contributed by atoms with van der Waals surface area (Å²) in [6, 6.07) is 2.90. The Morgan fingerprint density at radius 1 is 1.50 bits per heavy atom. The molecule has 1 aromatic heterocycles. The molecule has 0 saturated carbocycles. The van der Waals surface area contributed by atoms with E-state index in [2.05, 4.69) is 4.98 Å². The summed E-state index contributed by atoms with van der Waals surface area (Å²) < 4.78 is 4.76. The van der Waals surface area contributed by atoms with Crippen molar-refractivity contribution in [2.45, 2.75) is 5.25 Å². The highest BCUT2D eigenvalue weighted by molar-refractivity contribution is 6.21. The second-order valence-electron chi connectivity index (χ2n) is 2.18. The smallest absolute Gasteiger partial charge is 0.272 e. The number of halogens is 1. The average Bonchev–Trinajstić information content (AvgIpc) is 2.03. The fraction of sp³-hybridized carbons (Fsp3) is 0.286. The summed E-state index contributed by atoms with van der Waals surface area (Å²) in [4.78, 5) is 3.74. The van der Waals surface area contributed by atoms with Gasteiger partial charge in [-0.1, -0.05) is 11.6 Å². The maximum atomic E-state index is 8.89. The van der Waals surface area contributed by atoms with E-state index in [1.54, 1.807) is 0 Å². The summed E-state index contributed by atoms with van der Waals surface area (Å²) in [5, 5.41) is 15.4. The summed E-state index contributed by atoms with van der Waals surface area (Å²) in [6.45, 7) is 0. The van der Waals surface area contributed by atoms with Gasteiger partial charge >= 0.3 is 0 Å². The lowest BCUT2D eigenvalue weighted by molar-refractivity contribution is -0.0904. The van der Waals surface area contributed by atoms with Crippen LogP contribution in [-0.4, -0.2) is 22.3 Å². The van der Waals surface area contributed by atoms with Gasteiger partial charge in [0.1, 0.15) is 0 Å². The van der Waals surface area contributed by atoms with E-state index in [4.69, 9.17) is 26.6 Å². The zero-order valence-electron chi connectivity index (χ0n) is 6.36. The Kier molecular flexibility index (Phi) is 2.52. The van der Waals surface area contributed by atoms with E-state index in [0.29, 0.717) is 5.88 Å². The van der Waals surface area contributed by atoms with E-state index < -0.39 is 5.25 Å². The molecule has 0 aliphatic rings. The van der Waals surface area contributed by atoms with E-state index in [0.717, 1.165) is 0 Å². The SMILES string of the molecule is COc1ccc(C(O)(O)Cl)cn1. The monoisotopic (exact) mass is 189 g/mol. The number of hydrogen-bond acceptors (Lipinski definition) is 4. The molecule has 1 rings (SSSR count). The first kappa shape index (κ1) is 9.25. The molecule has 0 bridgehead atoms. The molecule has 0 aromatic carbocycles. The van der Waals surface area contributed by atoms with Crippen LogP contribution >= 0.6 is 11.6 Å². The third-order valence-corrected chi connectivity index (χ3v) is 1.53. The Morgan fingerprint density at radius 3 is 2.50 bits per heavy atom. The first-order valence-electron chi connectivity index (χ1n) is 3.18. The quantitative estimate of drug-likeness (QED) is 0.523. The minimum Gasteiger partial charge on any atom is -0.481 e. The Morgan fingerprint density at radius 2 is 2.17 bits per heavy atom. The first-order chi connectivity index (χ1) is 5.54. The molecule has 0 amide bonds. The van der Waals surface area contributed by atoms with Crippen molar-refractivity contribution in [1.29, 1.82) is 0 Å². The van der Waals surface area contributed by atoms with Crippen molar-refractivity contribution in [1.82, 2.24) is 4.98 Å². The molecule has 0 unspecified atom stereocenters. The van der Waals surface area contributed by atoms with Crippen molar-refractivity contribution in [3.05, 3.63) is 23.9 Å². The van der Waals surface area contributed by atoms with E-state index >= 15 is 0 Å². The second-order valence-corrected chi connectivity index (χ2v) is 2.70. The van der Waals surface area contributed by atoms with Gasteiger partial charge in [-0.25, -0.2) is 4.98 Å². The summed E-state index contributed by atoms with van der Waals surface area (Å²) >= 11 is 5.18. The summed E-state index contributed by atoms with van der Waals surface area (Å²) in [6.07, 6.45) is 1.23. The van der Waals surface area contributed by atoms with Crippen LogP contribution in [0.25, 0.3) is 0 Å². The maximum Gasteiger partial charge on any atom is 0.272 e. The molecule has 0 saturated heterocycles. The van der Waals surface area contributed by atoms with E-state index in [1.807, 2.05) is 0 Å². The third-order valence-electron chi connectivity index (χ3n) is 1.31. The minimum absolute atomic E-state index is 0.102. The van der Waals surface area contributed by atoms with Crippen molar-refractivity contribution >= 4 is 11.6 Å². The van der Waals surface area contributed by atoms with Crippen molar-refractivity contribution in [2.24, 2.45) is 0 Å². The standard InChI is InChI=1S/C7H8ClNO3/c1-12-6-3-2-5(4-9-6)7(8,10)11/h2-4,10-11H,1H3. The van der Waals surface area contributed by atoms with Crippen molar-refractivity contribution in [3.8, 4) is 5.88 Å². The van der Waals surface area contributed by atoms with Gasteiger partial charge in [-0.15, -0.1) is 0 Å². The average molecular weight is 190 g/mol. The van der Waals surface area contributed by atoms with Gasteiger partial charge in [0.15, 0.2) is 0 Å². The third kappa shape index (κ3) is 2.07. The molecule has 0 fully saturated rings. The summed E-state index contributed by atoms with van der Waals surface area (Å²) in [5.74, 6) is 0.389. The van der Waals surface area contributed by atoms with Crippen LogP contribution < -0.4 is 4.74 Å². The molecule has 2 N–H and O–H groups in total. The molecule has 0 atom stereocenters. The van der Waals surface area contributed by atoms with Crippen LogP contribution in [0.2, 0.25) is 0 Å². The zero-order valence-corrected chi connectivity index (χ0v) is 7.12. The molecule has 1 aromatic rings. The number of aliphatic hydroxyl groups is 2. The second kappa shape index (κ2) is 3.26. The van der Waals surface area contributed by atoms with Gasteiger partial charge in [-0.05, 0) is 6.07 Å². The van der Waals surface area contributed by atoms with Crippen LogP contribution in [0.15, 0.2) is 18.3 Å². The highest BCUT2D eigenvalue weighted by atomic mass is 35.5. The van der Waals surface area contributed by atoms with E-state index in [-0.39, 0.29) is 5.56 Å². The van der Waals surface area contributed by atoms with Crippen molar-refractivity contribution in [3.63, 3.8) is 0 Å². The predicted octanol–water partition coefficient (Wildman–Crippen LogP) is 0.424. The number of methoxy groups -OCH3 is 1. The summed E-state index contributed by atoms with van der Waals surface area (Å²) in [5.41, 5.74) is 0.102. The normalized spacial score (nSPS) is 11.3. The number of alkyl halides is 1. The van der Waals surface area contributed by atoms with Crippen molar-refractivity contribution in [2.75, 3.05) is 7.11 Å². The van der Waals surface area contributed by atoms with E-state index in [9.17, 15) is 0 Å². The molecule has 66 valence electrons. The molecule has 0 spiro atoms.